The summed E-state index contributed by atoms with van der Waals surface area (Å²) in [4.78, 5) is 7.73. The Morgan fingerprint density at radius 3 is 2.43 bits per heavy atom. The largest absolute Gasteiger partial charge is 0.373 e. The molecule has 6 aromatic rings. The minimum absolute atomic E-state index is 0.120. The molecular formula is C30H18ClF3N8. The number of anilines is 3. The van der Waals surface area contributed by atoms with E-state index in [1.165, 1.54) is 18.3 Å². The van der Waals surface area contributed by atoms with Crippen molar-refractivity contribution in [1.29, 1.82) is 5.26 Å². The molecule has 12 heteroatoms. The first-order chi connectivity index (χ1) is 20.4. The minimum Gasteiger partial charge on any atom is -0.373 e. The monoisotopic (exact) mass is 582 g/mol. The van der Waals surface area contributed by atoms with Gasteiger partial charge in [0.15, 0.2) is 5.82 Å². The van der Waals surface area contributed by atoms with E-state index in [2.05, 4.69) is 37.0 Å². The lowest BCUT2D eigenvalue weighted by Crippen LogP contribution is -2.13. The van der Waals surface area contributed by atoms with Crippen molar-refractivity contribution in [2.24, 2.45) is 0 Å². The van der Waals surface area contributed by atoms with Crippen molar-refractivity contribution in [3.05, 3.63) is 131 Å². The van der Waals surface area contributed by atoms with Gasteiger partial charge in [0.05, 0.1) is 51.6 Å². The fourth-order valence-electron chi connectivity index (χ4n) is 4.46. The molecule has 0 amide bonds. The number of nitriles is 1. The maximum atomic E-state index is 13.9. The zero-order valence-electron chi connectivity index (χ0n) is 21.4. The Morgan fingerprint density at radius 2 is 1.69 bits per heavy atom. The van der Waals surface area contributed by atoms with E-state index in [4.69, 9.17) is 11.6 Å². The van der Waals surface area contributed by atoms with Crippen molar-refractivity contribution in [3.8, 4) is 11.8 Å². The predicted molar refractivity (Wildman–Crippen MR) is 152 cm³/mol. The molecule has 1 atom stereocenters. The van der Waals surface area contributed by atoms with E-state index in [0.717, 1.165) is 18.0 Å². The fraction of sp³-hybridized carbons (Fsp3) is 0.0333. The Balaban J connectivity index is 1.44. The third-order valence-corrected chi connectivity index (χ3v) is 6.74. The van der Waals surface area contributed by atoms with E-state index in [0.29, 0.717) is 27.8 Å². The fourth-order valence-corrected chi connectivity index (χ4v) is 4.73. The number of hydrogen-bond donors (Lipinski definition) is 2. The summed E-state index contributed by atoms with van der Waals surface area (Å²) in [6.45, 7) is 0. The normalized spacial score (nSPS) is 11.7. The summed E-state index contributed by atoms with van der Waals surface area (Å²) in [5.41, 5.74) is 3.46. The Labute approximate surface area is 242 Å². The first kappa shape index (κ1) is 26.7. The second-order valence-electron chi connectivity index (χ2n) is 9.19. The highest BCUT2D eigenvalue weighted by molar-refractivity contribution is 6.36. The van der Waals surface area contributed by atoms with Gasteiger partial charge in [0.1, 0.15) is 17.6 Å². The van der Waals surface area contributed by atoms with E-state index in [1.807, 2.05) is 30.3 Å². The number of para-hydroxylation sites is 1. The van der Waals surface area contributed by atoms with Crippen LogP contribution in [0.5, 0.6) is 0 Å². The van der Waals surface area contributed by atoms with Crippen LogP contribution in [0.1, 0.15) is 22.9 Å². The summed E-state index contributed by atoms with van der Waals surface area (Å²) >= 11 is 6.64. The molecule has 0 fully saturated rings. The standard InChI is InChI=1S/C30H18ClF3N8/c31-24-11-20(10-23-27(18(13-35)14-36-29(23)24)39-21-12-25(33)30(34)37-15-21)38-28(17-6-8-19(32)9-7-17)26-16-42(41-40-26)22-4-2-1-3-5-22/h1-12,14-16,28,38H,(H,36,39). The van der Waals surface area contributed by atoms with E-state index < -0.39 is 23.6 Å². The van der Waals surface area contributed by atoms with Crippen molar-refractivity contribution in [3.63, 3.8) is 0 Å². The molecule has 3 heterocycles. The summed E-state index contributed by atoms with van der Waals surface area (Å²) in [5.74, 6) is -2.79. The molecule has 0 aliphatic heterocycles. The van der Waals surface area contributed by atoms with Crippen molar-refractivity contribution < 1.29 is 13.2 Å². The summed E-state index contributed by atoms with van der Waals surface area (Å²) in [6.07, 6.45) is 4.20. The molecule has 0 aliphatic carbocycles. The van der Waals surface area contributed by atoms with Gasteiger partial charge in [-0.15, -0.1) is 5.10 Å². The van der Waals surface area contributed by atoms with Crippen molar-refractivity contribution >= 4 is 39.6 Å². The molecule has 6 rings (SSSR count). The van der Waals surface area contributed by atoms with Gasteiger partial charge in [-0.25, -0.2) is 18.4 Å². The lowest BCUT2D eigenvalue weighted by atomic mass is 10.0. The lowest BCUT2D eigenvalue weighted by molar-refractivity contribution is 0.480. The highest BCUT2D eigenvalue weighted by Crippen LogP contribution is 2.36. The predicted octanol–water partition coefficient (Wildman–Crippen LogP) is 7.10. The average Bonchev–Trinajstić information content (AvgIpc) is 3.49. The van der Waals surface area contributed by atoms with Gasteiger partial charge >= 0.3 is 0 Å². The number of halogens is 4. The highest BCUT2D eigenvalue weighted by atomic mass is 35.5. The number of aromatic nitrogens is 5. The first-order valence-corrected chi connectivity index (χ1v) is 12.9. The van der Waals surface area contributed by atoms with Gasteiger partial charge in [0.2, 0.25) is 5.95 Å². The van der Waals surface area contributed by atoms with Gasteiger partial charge < -0.3 is 10.6 Å². The maximum Gasteiger partial charge on any atom is 0.249 e. The number of nitrogens with zero attached hydrogens (tertiary/aromatic N) is 6. The topological polar surface area (TPSA) is 104 Å². The molecule has 206 valence electrons. The summed E-state index contributed by atoms with van der Waals surface area (Å²) < 4.78 is 42.8. The molecule has 3 aromatic heterocycles. The van der Waals surface area contributed by atoms with Gasteiger partial charge in [-0.1, -0.05) is 47.1 Å². The second kappa shape index (κ2) is 11.2. The number of nitrogens with one attached hydrogen (secondary N) is 2. The average molecular weight is 583 g/mol. The van der Waals surface area contributed by atoms with Crippen LogP contribution in [0.25, 0.3) is 16.6 Å². The number of benzene rings is 3. The molecule has 0 saturated carbocycles. The minimum atomic E-state index is -1.24. The molecule has 8 nitrogen and oxygen atoms in total. The molecule has 0 bridgehead atoms. The number of rotatable bonds is 7. The quantitative estimate of drug-likeness (QED) is 0.193. The van der Waals surface area contributed by atoms with Gasteiger partial charge in [-0.3, -0.25) is 4.98 Å². The molecular weight excluding hydrogens is 565 g/mol. The smallest absolute Gasteiger partial charge is 0.249 e. The highest BCUT2D eigenvalue weighted by Gasteiger charge is 2.21. The van der Waals surface area contributed by atoms with E-state index in [-0.39, 0.29) is 22.0 Å². The van der Waals surface area contributed by atoms with Crippen LogP contribution in [0.2, 0.25) is 5.02 Å². The molecule has 0 saturated heterocycles. The molecule has 0 radical (unpaired) electrons. The molecule has 1 unspecified atom stereocenters. The van der Waals surface area contributed by atoms with Gasteiger partial charge in [-0.05, 0) is 42.0 Å². The van der Waals surface area contributed by atoms with Gasteiger partial charge in [0, 0.05) is 23.3 Å². The van der Waals surface area contributed by atoms with Crippen molar-refractivity contribution in [2.45, 2.75) is 6.04 Å². The molecule has 42 heavy (non-hydrogen) atoms. The van der Waals surface area contributed by atoms with Gasteiger partial charge in [0.25, 0.3) is 0 Å². The SMILES string of the molecule is N#Cc1cnc2c(Cl)cc(NC(c3ccc(F)cc3)c3cn(-c4ccccc4)nn3)cc2c1Nc1cnc(F)c(F)c1. The lowest BCUT2D eigenvalue weighted by Gasteiger charge is -2.20. The van der Waals surface area contributed by atoms with Crippen molar-refractivity contribution in [2.75, 3.05) is 10.6 Å². The first-order valence-electron chi connectivity index (χ1n) is 12.5. The Morgan fingerprint density at radius 1 is 0.905 bits per heavy atom. The van der Waals surface area contributed by atoms with E-state index in [1.54, 1.807) is 35.1 Å². The van der Waals surface area contributed by atoms with Crippen LogP contribution >= 0.6 is 11.6 Å². The third kappa shape index (κ3) is 5.31. The Bertz CT molecular complexity index is 1960. The van der Waals surface area contributed by atoms with Gasteiger partial charge in [-0.2, -0.15) is 9.65 Å². The van der Waals surface area contributed by atoms with E-state index >= 15 is 0 Å². The van der Waals surface area contributed by atoms with E-state index in [9.17, 15) is 18.4 Å². The third-order valence-electron chi connectivity index (χ3n) is 6.45. The van der Waals surface area contributed by atoms with Crippen LogP contribution in [0.3, 0.4) is 0 Å². The zero-order valence-corrected chi connectivity index (χ0v) is 22.2. The molecule has 0 aliphatic rings. The maximum absolute atomic E-state index is 13.9. The van der Waals surface area contributed by atoms with Crippen LogP contribution in [-0.2, 0) is 0 Å². The molecule has 0 spiro atoms. The number of fused-ring (bicyclic) bond motifs is 1. The molecule has 2 N–H and O–H groups in total. The Hall–Kier alpha value is -5.47. The summed E-state index contributed by atoms with van der Waals surface area (Å²) in [6, 6.07) is 21.2. The summed E-state index contributed by atoms with van der Waals surface area (Å²) in [7, 11) is 0. The van der Waals surface area contributed by atoms with Crippen LogP contribution in [0.4, 0.5) is 30.2 Å². The Kier molecular flexibility index (Phi) is 7.12. The zero-order chi connectivity index (χ0) is 29.2. The number of hydrogen-bond acceptors (Lipinski definition) is 7. The van der Waals surface area contributed by atoms with Crippen LogP contribution in [0, 0.1) is 28.9 Å². The molecule has 3 aromatic carbocycles. The summed E-state index contributed by atoms with van der Waals surface area (Å²) in [5, 5.41) is 25.4. The van der Waals surface area contributed by atoms with Crippen molar-refractivity contribution in [1.82, 2.24) is 25.0 Å². The second-order valence-corrected chi connectivity index (χ2v) is 9.59. The van der Waals surface area contributed by atoms with Crippen LogP contribution in [-0.4, -0.2) is 25.0 Å². The number of pyridine rings is 2. The van der Waals surface area contributed by atoms with Crippen LogP contribution in [0.15, 0.2) is 91.4 Å². The van der Waals surface area contributed by atoms with Crippen LogP contribution < -0.4 is 10.6 Å².